The minimum Gasteiger partial charge on any atom is -0.478 e. The van der Waals surface area contributed by atoms with E-state index in [4.69, 9.17) is 26.8 Å². The lowest BCUT2D eigenvalue weighted by atomic mass is 9.57. The predicted molar refractivity (Wildman–Crippen MR) is 146 cm³/mol. The highest BCUT2D eigenvalue weighted by Gasteiger charge is 2.60. The molecule has 0 aromatic heterocycles. The van der Waals surface area contributed by atoms with Gasteiger partial charge in [0.05, 0.1) is 36.0 Å². The van der Waals surface area contributed by atoms with Crippen molar-refractivity contribution in [2.24, 2.45) is 16.6 Å². The lowest BCUT2D eigenvalue weighted by molar-refractivity contribution is -0.146. The first-order valence-electron chi connectivity index (χ1n) is 12.7. The summed E-state index contributed by atoms with van der Waals surface area (Å²) in [6.45, 7) is 3.61. The Hall–Kier alpha value is -3.50. The topological polar surface area (TPSA) is 166 Å². The summed E-state index contributed by atoms with van der Waals surface area (Å²) >= 11 is 6.62. The Kier molecular flexibility index (Phi) is 11.9. The van der Waals surface area contributed by atoms with Crippen LogP contribution in [0, 0.1) is 5.92 Å². The Morgan fingerprint density at radius 3 is 2.31 bits per heavy atom. The van der Waals surface area contributed by atoms with Gasteiger partial charge in [-0.25, -0.2) is 14.4 Å². The van der Waals surface area contributed by atoms with E-state index >= 15 is 0 Å². The molecule has 2 unspecified atom stereocenters. The highest BCUT2D eigenvalue weighted by Crippen LogP contribution is 2.53. The number of carboxylic acids is 2. The normalized spacial score (nSPS) is 19.4. The van der Waals surface area contributed by atoms with Crippen LogP contribution in [0.2, 0.25) is 5.02 Å². The summed E-state index contributed by atoms with van der Waals surface area (Å²) in [5.74, 6) is -6.64. The number of esters is 2. The number of methoxy groups -OCH3 is 1. The third kappa shape index (κ3) is 6.93. The molecule has 2 atom stereocenters. The molecule has 212 valence electrons. The molecule has 10 nitrogen and oxygen atoms in total. The van der Waals surface area contributed by atoms with Crippen LogP contribution in [-0.4, -0.2) is 60.1 Å². The van der Waals surface area contributed by atoms with Crippen molar-refractivity contribution < 1.29 is 38.9 Å². The fourth-order valence-electron chi connectivity index (χ4n) is 5.09. The second-order valence-corrected chi connectivity index (χ2v) is 9.45. The number of ether oxygens (including phenoxy) is 2. The van der Waals surface area contributed by atoms with E-state index in [2.05, 4.69) is 4.99 Å². The number of benzene rings is 1. The van der Waals surface area contributed by atoms with Gasteiger partial charge < -0.3 is 25.4 Å². The van der Waals surface area contributed by atoms with E-state index < -0.39 is 40.8 Å². The molecule has 1 aliphatic heterocycles. The van der Waals surface area contributed by atoms with Crippen molar-refractivity contribution >= 4 is 41.2 Å². The zero-order valence-corrected chi connectivity index (χ0v) is 23.1. The zero-order valence-electron chi connectivity index (χ0n) is 22.4. The first-order valence-corrected chi connectivity index (χ1v) is 13.1. The van der Waals surface area contributed by atoms with Gasteiger partial charge in [-0.2, -0.15) is 0 Å². The molecule has 39 heavy (non-hydrogen) atoms. The molecule has 1 heterocycles. The van der Waals surface area contributed by atoms with Crippen LogP contribution >= 0.6 is 11.6 Å². The maximum absolute atomic E-state index is 13.7. The minimum absolute atomic E-state index is 0.0153. The molecule has 0 saturated heterocycles. The number of halogens is 1. The Labute approximate surface area is 232 Å². The number of aliphatic imine (C=N–C) groups is 1. The number of rotatable bonds is 14. The lowest BCUT2D eigenvalue weighted by Gasteiger charge is -2.44. The van der Waals surface area contributed by atoms with Gasteiger partial charge in [-0.15, -0.1) is 0 Å². The number of carbonyl (C=O) groups excluding carboxylic acids is 2. The summed E-state index contributed by atoms with van der Waals surface area (Å²) in [5, 5.41) is 20.1. The van der Waals surface area contributed by atoms with E-state index in [0.717, 1.165) is 32.8 Å². The van der Waals surface area contributed by atoms with E-state index in [-0.39, 0.29) is 40.6 Å². The first-order chi connectivity index (χ1) is 18.6. The van der Waals surface area contributed by atoms with Gasteiger partial charge >= 0.3 is 23.9 Å². The average molecular weight is 563 g/mol. The van der Waals surface area contributed by atoms with Crippen LogP contribution in [0.4, 0.5) is 0 Å². The van der Waals surface area contributed by atoms with Crippen LogP contribution in [0.1, 0.15) is 57.9 Å². The number of carbonyl (C=O) groups is 4. The molecule has 0 amide bonds. The van der Waals surface area contributed by atoms with Crippen molar-refractivity contribution in [2.45, 2.75) is 57.8 Å². The Morgan fingerprint density at radius 1 is 1.10 bits per heavy atom. The van der Waals surface area contributed by atoms with Crippen molar-refractivity contribution in [1.82, 2.24) is 0 Å². The number of hydrogen-bond acceptors (Lipinski definition) is 8. The second kappa shape index (κ2) is 14.6. The molecule has 1 aliphatic rings. The molecule has 0 aliphatic carbocycles. The fourth-order valence-corrected chi connectivity index (χ4v) is 5.37. The van der Waals surface area contributed by atoms with E-state index in [9.17, 15) is 29.4 Å². The summed E-state index contributed by atoms with van der Waals surface area (Å²) in [6, 6.07) is 6.07. The molecule has 2 rings (SSSR count). The lowest BCUT2D eigenvalue weighted by Crippen LogP contribution is -2.53. The van der Waals surface area contributed by atoms with Crippen LogP contribution in [0.15, 0.2) is 52.2 Å². The van der Waals surface area contributed by atoms with Gasteiger partial charge in [-0.3, -0.25) is 9.79 Å². The van der Waals surface area contributed by atoms with E-state index in [1.165, 1.54) is 19.1 Å². The van der Waals surface area contributed by atoms with Crippen LogP contribution < -0.4 is 5.73 Å². The number of unbranched alkanes of at least 4 members (excludes halogenated alkanes) is 4. The summed E-state index contributed by atoms with van der Waals surface area (Å²) in [7, 11) is 1.11. The maximum Gasteiger partial charge on any atom is 0.337 e. The monoisotopic (exact) mass is 562 g/mol. The van der Waals surface area contributed by atoms with Gasteiger partial charge in [-0.1, -0.05) is 49.1 Å². The van der Waals surface area contributed by atoms with Crippen molar-refractivity contribution in [3.05, 3.63) is 57.8 Å². The molecule has 1 aromatic carbocycles. The maximum atomic E-state index is 13.7. The number of allylic oxidation sites excluding steroid dienone is 1. The molecular formula is C28H35ClN2O8. The summed E-state index contributed by atoms with van der Waals surface area (Å²) in [5.41, 5.74) is 2.72. The molecule has 0 radical (unpaired) electrons. The average Bonchev–Trinajstić information content (AvgIpc) is 2.88. The zero-order chi connectivity index (χ0) is 29.2. The number of carboxylic acid groups (broad SMARTS) is 2. The molecule has 1 aromatic rings. The third-order valence-electron chi connectivity index (χ3n) is 6.60. The minimum atomic E-state index is -2.22. The van der Waals surface area contributed by atoms with Crippen molar-refractivity contribution in [2.75, 3.05) is 20.3 Å². The molecule has 0 fully saturated rings. The quantitative estimate of drug-likeness (QED) is 0.172. The van der Waals surface area contributed by atoms with E-state index in [1.807, 2.05) is 0 Å². The Morgan fingerprint density at radius 2 is 1.74 bits per heavy atom. The van der Waals surface area contributed by atoms with Crippen LogP contribution in [0.5, 0.6) is 0 Å². The van der Waals surface area contributed by atoms with Gasteiger partial charge in [0, 0.05) is 16.8 Å². The number of hydrogen-bond donors (Lipinski definition) is 3. The summed E-state index contributed by atoms with van der Waals surface area (Å²) < 4.78 is 10.4. The number of nitrogens with two attached hydrogens (primary N) is 1. The molecule has 0 bridgehead atoms. The Bertz CT molecular complexity index is 1190. The van der Waals surface area contributed by atoms with E-state index in [1.54, 1.807) is 19.1 Å². The highest BCUT2D eigenvalue weighted by atomic mass is 35.5. The summed E-state index contributed by atoms with van der Waals surface area (Å²) in [4.78, 5) is 56.5. The highest BCUT2D eigenvalue weighted by molar-refractivity contribution is 6.32. The SMILES string of the molecule is CCOC(=O)C1=C(CCCCCCCN)N=C(C)C(C(=O)OC)C1(C(=CC(=O)O)C(=O)O)c1ccccc1Cl. The first kappa shape index (κ1) is 31.7. The third-order valence-corrected chi connectivity index (χ3v) is 6.93. The van der Waals surface area contributed by atoms with Gasteiger partial charge in [0.25, 0.3) is 0 Å². The van der Waals surface area contributed by atoms with Crippen molar-refractivity contribution in [1.29, 1.82) is 0 Å². The molecular weight excluding hydrogens is 528 g/mol. The van der Waals surface area contributed by atoms with Crippen LogP contribution in [-0.2, 0) is 34.1 Å². The molecule has 0 saturated carbocycles. The van der Waals surface area contributed by atoms with Crippen LogP contribution in [0.25, 0.3) is 0 Å². The molecule has 0 spiro atoms. The Balaban J connectivity index is 3.05. The smallest absolute Gasteiger partial charge is 0.337 e. The fraction of sp³-hybridized carbons (Fsp3) is 0.464. The number of nitrogens with zero attached hydrogens (tertiary/aromatic N) is 1. The van der Waals surface area contributed by atoms with E-state index in [0.29, 0.717) is 19.0 Å². The standard InChI is InChI=1S/C28H35ClN2O8/c1-4-39-27(37)24-21(14-8-6-5-7-11-15-30)31-17(2)23(26(36)38-3)28(24,18-12-9-10-13-20(18)29)19(25(34)35)16-22(32)33/h9-10,12-13,16,23H,4-8,11,14-15,30H2,1-3H3,(H,32,33)(H,34,35). The van der Waals surface area contributed by atoms with Gasteiger partial charge in [0.15, 0.2) is 0 Å². The van der Waals surface area contributed by atoms with Crippen LogP contribution in [0.3, 0.4) is 0 Å². The predicted octanol–water partition coefficient (Wildman–Crippen LogP) is 4.05. The molecule has 4 N–H and O–H groups in total. The van der Waals surface area contributed by atoms with Crippen molar-refractivity contribution in [3.8, 4) is 0 Å². The largest absolute Gasteiger partial charge is 0.478 e. The summed E-state index contributed by atoms with van der Waals surface area (Å²) in [6.07, 6.45) is 4.80. The van der Waals surface area contributed by atoms with Gasteiger partial charge in [0.2, 0.25) is 0 Å². The number of aliphatic carboxylic acids is 2. The van der Waals surface area contributed by atoms with Gasteiger partial charge in [-0.05, 0) is 51.3 Å². The second-order valence-electron chi connectivity index (χ2n) is 9.05. The molecule has 11 heteroatoms. The van der Waals surface area contributed by atoms with Gasteiger partial charge in [0.1, 0.15) is 5.92 Å². The van der Waals surface area contributed by atoms with Crippen molar-refractivity contribution in [3.63, 3.8) is 0 Å².